The van der Waals surface area contributed by atoms with Gasteiger partial charge in [-0.05, 0) is 19.1 Å². The van der Waals surface area contributed by atoms with Crippen molar-refractivity contribution in [2.75, 3.05) is 0 Å². The van der Waals surface area contributed by atoms with E-state index in [9.17, 15) is 4.39 Å². The Kier molecular flexibility index (Phi) is 5.66. The Labute approximate surface area is 66.1 Å². The van der Waals surface area contributed by atoms with Gasteiger partial charge in [0.15, 0.2) is 0 Å². The molecular weight excluding hydrogens is 146 g/mol. The van der Waals surface area contributed by atoms with Crippen molar-refractivity contribution in [2.24, 2.45) is 0 Å². The number of hydrogen-bond donors (Lipinski definition) is 0. The Bertz CT molecular complexity index is 228. The van der Waals surface area contributed by atoms with Crippen molar-refractivity contribution >= 4 is 13.3 Å². The minimum Gasteiger partial charge on any atom is -0.412 e. The summed E-state index contributed by atoms with van der Waals surface area (Å²) < 4.78 is 12.3. The highest BCUT2D eigenvalue weighted by molar-refractivity contribution is 6.33. The van der Waals surface area contributed by atoms with E-state index in [-0.39, 0.29) is 16.8 Å². The van der Waals surface area contributed by atoms with Gasteiger partial charge in [-0.2, -0.15) is 0 Å². The highest BCUT2D eigenvalue weighted by Crippen LogP contribution is 1.96. The maximum atomic E-state index is 12.3. The summed E-state index contributed by atoms with van der Waals surface area (Å²) in [4.78, 5) is 0. The topological polar surface area (TPSA) is 63.0 Å². The predicted octanol–water partition coefficient (Wildman–Crippen LogP) is -1.26. The fraction of sp³-hybridized carbons (Fsp3) is 0.143. The van der Waals surface area contributed by atoms with Crippen molar-refractivity contribution in [3.05, 3.63) is 29.6 Å². The van der Waals surface area contributed by atoms with Crippen molar-refractivity contribution in [1.82, 2.24) is 0 Å². The van der Waals surface area contributed by atoms with Crippen LogP contribution in [0.1, 0.15) is 5.56 Å². The van der Waals surface area contributed by atoms with Gasteiger partial charge in [-0.15, -0.1) is 0 Å². The van der Waals surface area contributed by atoms with Crippen LogP contribution in [0.4, 0.5) is 4.39 Å². The Morgan fingerprint density at radius 1 is 1.27 bits per heavy atom. The van der Waals surface area contributed by atoms with Gasteiger partial charge < -0.3 is 11.0 Å². The minimum atomic E-state index is -0.155. The summed E-state index contributed by atoms with van der Waals surface area (Å²) in [5.41, 5.74) is 2.14. The zero-order chi connectivity index (χ0) is 6.85. The van der Waals surface area contributed by atoms with Crippen molar-refractivity contribution in [3.8, 4) is 0 Å². The van der Waals surface area contributed by atoms with Gasteiger partial charge in [0.2, 0.25) is 0 Å². The first kappa shape index (κ1) is 12.8. The highest BCUT2D eigenvalue weighted by Gasteiger charge is 1.91. The second kappa shape index (κ2) is 4.88. The van der Waals surface area contributed by atoms with Crippen LogP contribution in [-0.4, -0.2) is 18.8 Å². The van der Waals surface area contributed by atoms with Gasteiger partial charge in [-0.1, -0.05) is 17.1 Å². The van der Waals surface area contributed by atoms with Crippen molar-refractivity contribution in [3.63, 3.8) is 0 Å². The van der Waals surface area contributed by atoms with Crippen LogP contribution in [0.2, 0.25) is 0 Å². The lowest BCUT2D eigenvalue weighted by Crippen LogP contribution is -2.06. The predicted molar refractivity (Wildman–Crippen MR) is 46.5 cm³/mol. The van der Waals surface area contributed by atoms with Crippen LogP contribution >= 0.6 is 0 Å². The maximum Gasteiger partial charge on any atom is 0.139 e. The fourth-order valence-corrected chi connectivity index (χ4v) is 0.705. The minimum absolute atomic E-state index is 0. The largest absolute Gasteiger partial charge is 0.412 e. The van der Waals surface area contributed by atoms with E-state index in [1.807, 2.05) is 14.8 Å². The van der Waals surface area contributed by atoms with E-state index < -0.39 is 0 Å². The number of aryl methyl sites for hydroxylation is 1. The number of halogens is 1. The van der Waals surface area contributed by atoms with Crippen LogP contribution in [0, 0.1) is 12.7 Å². The molecule has 1 rings (SSSR count). The van der Waals surface area contributed by atoms with Gasteiger partial charge in [0.1, 0.15) is 13.7 Å². The molecule has 4 heteroatoms. The molecule has 0 aliphatic rings. The van der Waals surface area contributed by atoms with Gasteiger partial charge in [-0.25, -0.2) is 4.39 Å². The van der Waals surface area contributed by atoms with Crippen molar-refractivity contribution in [1.29, 1.82) is 0 Å². The van der Waals surface area contributed by atoms with E-state index in [0.29, 0.717) is 0 Å². The number of benzene rings is 1. The average molecular weight is 158 g/mol. The molecule has 0 aliphatic carbocycles. The summed E-state index contributed by atoms with van der Waals surface area (Å²) in [6.45, 7) is 1.97. The first-order chi connectivity index (χ1) is 4.20. The zero-order valence-corrected chi connectivity index (χ0v) is 6.61. The molecule has 0 atom stereocenters. The molecule has 0 aromatic heterocycles. The summed E-state index contributed by atoms with van der Waals surface area (Å²) in [6, 6.07) is 4.79. The second-order valence-electron chi connectivity index (χ2n) is 2.23. The Balaban J connectivity index is 0. The monoisotopic (exact) mass is 158 g/mol. The van der Waals surface area contributed by atoms with Crippen molar-refractivity contribution < 1.29 is 15.3 Å². The van der Waals surface area contributed by atoms with E-state index in [1.165, 1.54) is 12.1 Å². The van der Waals surface area contributed by atoms with E-state index in [0.717, 1.165) is 11.0 Å². The van der Waals surface area contributed by atoms with Gasteiger partial charge in [0, 0.05) is 0 Å². The molecule has 11 heavy (non-hydrogen) atoms. The van der Waals surface area contributed by atoms with Gasteiger partial charge in [0.25, 0.3) is 0 Å². The quantitative estimate of drug-likeness (QED) is 0.423. The van der Waals surface area contributed by atoms with Crippen LogP contribution in [0.5, 0.6) is 0 Å². The molecular formula is C7H12BFO2. The van der Waals surface area contributed by atoms with Crippen LogP contribution in [0.25, 0.3) is 0 Å². The van der Waals surface area contributed by atoms with Crippen LogP contribution in [0.15, 0.2) is 18.2 Å². The fourth-order valence-electron chi connectivity index (χ4n) is 0.705. The number of rotatable bonds is 0. The van der Waals surface area contributed by atoms with Gasteiger partial charge in [0.05, 0.1) is 0 Å². The summed E-state index contributed by atoms with van der Waals surface area (Å²) in [7, 11) is 1.90. The molecule has 0 bridgehead atoms. The third-order valence-corrected chi connectivity index (χ3v) is 1.47. The SMILES string of the molecule is Bc1cc(F)ccc1C.O.O. The average Bonchev–Trinajstić information content (AvgIpc) is 1.80. The Hall–Kier alpha value is -0.865. The van der Waals surface area contributed by atoms with Crippen LogP contribution < -0.4 is 5.46 Å². The normalized spacial score (nSPS) is 7.82. The molecule has 2 nitrogen and oxygen atoms in total. The number of hydrogen-bond acceptors (Lipinski definition) is 0. The van der Waals surface area contributed by atoms with E-state index in [4.69, 9.17) is 0 Å². The molecule has 4 N–H and O–H groups in total. The zero-order valence-electron chi connectivity index (χ0n) is 6.61. The highest BCUT2D eigenvalue weighted by atomic mass is 19.1. The summed E-state index contributed by atoms with van der Waals surface area (Å²) in [5, 5.41) is 0. The molecule has 1 aromatic carbocycles. The third kappa shape index (κ3) is 3.16. The lowest BCUT2D eigenvalue weighted by Gasteiger charge is -1.96. The smallest absolute Gasteiger partial charge is 0.139 e. The molecule has 62 valence electrons. The molecule has 0 radical (unpaired) electrons. The molecule has 0 fully saturated rings. The van der Waals surface area contributed by atoms with E-state index >= 15 is 0 Å². The van der Waals surface area contributed by atoms with Gasteiger partial charge in [-0.3, -0.25) is 0 Å². The summed E-state index contributed by atoms with van der Waals surface area (Å²) >= 11 is 0. The second-order valence-corrected chi connectivity index (χ2v) is 2.23. The maximum absolute atomic E-state index is 12.3. The third-order valence-electron chi connectivity index (χ3n) is 1.47. The molecule has 0 heterocycles. The standard InChI is InChI=1S/C7H8BF.2H2O/c1-5-2-3-6(9)4-7(5)8;;/h2-4H,8H2,1H3;2*1H2. The molecule has 0 unspecified atom stereocenters. The molecule has 0 amide bonds. The molecule has 0 saturated carbocycles. The first-order valence-corrected chi connectivity index (χ1v) is 2.93. The molecule has 0 aliphatic heterocycles. The lowest BCUT2D eigenvalue weighted by molar-refractivity contribution is 0.628. The molecule has 1 aromatic rings. The van der Waals surface area contributed by atoms with Gasteiger partial charge >= 0.3 is 0 Å². The Morgan fingerprint density at radius 3 is 2.18 bits per heavy atom. The summed E-state index contributed by atoms with van der Waals surface area (Å²) in [5.74, 6) is -0.155. The van der Waals surface area contributed by atoms with E-state index in [1.54, 1.807) is 6.07 Å². The van der Waals surface area contributed by atoms with Crippen molar-refractivity contribution in [2.45, 2.75) is 6.92 Å². The van der Waals surface area contributed by atoms with Crippen LogP contribution in [-0.2, 0) is 0 Å². The van der Waals surface area contributed by atoms with E-state index in [2.05, 4.69) is 0 Å². The first-order valence-electron chi connectivity index (χ1n) is 2.93. The summed E-state index contributed by atoms with van der Waals surface area (Å²) in [6.07, 6.45) is 0. The van der Waals surface area contributed by atoms with Crippen LogP contribution in [0.3, 0.4) is 0 Å². The lowest BCUT2D eigenvalue weighted by atomic mass is 9.91. The molecule has 0 spiro atoms. The molecule has 0 saturated heterocycles. The Morgan fingerprint density at radius 2 is 1.82 bits per heavy atom.